The Morgan fingerprint density at radius 1 is 1.11 bits per heavy atom. The summed E-state index contributed by atoms with van der Waals surface area (Å²) in [4.78, 5) is 23.9. The maximum absolute atomic E-state index is 12.5. The number of carbonyl (C=O) groups excluding carboxylic acids is 2. The van der Waals surface area contributed by atoms with E-state index in [1.165, 1.54) is 19.2 Å². The Kier molecular flexibility index (Phi) is 7.34. The molecule has 9 heteroatoms. The lowest BCUT2D eigenvalue weighted by molar-refractivity contribution is -0.147. The second kappa shape index (κ2) is 9.31. The summed E-state index contributed by atoms with van der Waals surface area (Å²) in [6.45, 7) is 2.72. The minimum absolute atomic E-state index is 0.0803. The van der Waals surface area contributed by atoms with Crippen LogP contribution in [0.3, 0.4) is 0 Å². The van der Waals surface area contributed by atoms with Crippen molar-refractivity contribution >= 4 is 43.5 Å². The molecule has 0 saturated carbocycles. The minimum Gasteiger partial charge on any atom is -0.455 e. The van der Waals surface area contributed by atoms with Crippen molar-refractivity contribution in [2.45, 2.75) is 18.7 Å². The topological polar surface area (TPSA) is 92.8 Å². The zero-order valence-electron chi connectivity index (χ0n) is 15.7. The molecule has 2 aromatic carbocycles. The van der Waals surface area contributed by atoms with Crippen LogP contribution in [-0.4, -0.2) is 44.8 Å². The molecule has 0 unspecified atom stereocenters. The molecular weight excluding hydrogens is 448 g/mol. The molecule has 2 rings (SSSR count). The van der Waals surface area contributed by atoms with Crippen LogP contribution in [0.1, 0.15) is 11.1 Å². The summed E-state index contributed by atoms with van der Waals surface area (Å²) < 4.78 is 31.6. The highest BCUT2D eigenvalue weighted by Crippen LogP contribution is 2.20. The van der Waals surface area contributed by atoms with Gasteiger partial charge >= 0.3 is 5.97 Å². The first kappa shape index (κ1) is 22.1. The summed E-state index contributed by atoms with van der Waals surface area (Å²) >= 11 is 3.37. The van der Waals surface area contributed by atoms with Gasteiger partial charge in [0.05, 0.1) is 4.90 Å². The Hall–Kier alpha value is -2.23. The zero-order valence-corrected chi connectivity index (χ0v) is 18.1. The molecule has 0 saturated heterocycles. The van der Waals surface area contributed by atoms with Crippen molar-refractivity contribution in [3.05, 3.63) is 58.1 Å². The molecule has 0 aliphatic heterocycles. The van der Waals surface area contributed by atoms with Gasteiger partial charge in [-0.1, -0.05) is 33.6 Å². The van der Waals surface area contributed by atoms with Gasteiger partial charge in [-0.15, -0.1) is 0 Å². The molecule has 1 N–H and O–H groups in total. The molecule has 0 atom stereocenters. The quantitative estimate of drug-likeness (QED) is 0.630. The van der Waals surface area contributed by atoms with Crippen LogP contribution in [0.25, 0.3) is 0 Å². The third-order valence-corrected chi connectivity index (χ3v) is 6.59. The monoisotopic (exact) mass is 468 g/mol. The van der Waals surface area contributed by atoms with Crippen LogP contribution in [0.5, 0.6) is 0 Å². The summed E-state index contributed by atoms with van der Waals surface area (Å²) in [6, 6.07) is 11.6. The number of benzene rings is 2. The van der Waals surface area contributed by atoms with Crippen molar-refractivity contribution < 1.29 is 22.7 Å². The number of rotatable bonds is 7. The van der Waals surface area contributed by atoms with Crippen molar-refractivity contribution in [1.82, 2.24) is 4.31 Å². The van der Waals surface area contributed by atoms with E-state index in [4.69, 9.17) is 4.74 Å². The van der Waals surface area contributed by atoms with Gasteiger partial charge in [0.2, 0.25) is 10.0 Å². The average Bonchev–Trinajstić information content (AvgIpc) is 2.63. The fourth-order valence-corrected chi connectivity index (χ4v) is 3.63. The van der Waals surface area contributed by atoms with Crippen molar-refractivity contribution in [1.29, 1.82) is 0 Å². The Morgan fingerprint density at radius 2 is 1.75 bits per heavy atom. The number of amides is 1. The summed E-state index contributed by atoms with van der Waals surface area (Å²) in [5, 5.41) is 2.61. The lowest BCUT2D eigenvalue weighted by Gasteiger charge is -2.16. The molecule has 0 aliphatic carbocycles. The van der Waals surface area contributed by atoms with Crippen LogP contribution in [0.15, 0.2) is 51.8 Å². The van der Waals surface area contributed by atoms with Gasteiger partial charge in [-0.3, -0.25) is 9.59 Å². The van der Waals surface area contributed by atoms with E-state index in [0.717, 1.165) is 19.9 Å². The highest BCUT2D eigenvalue weighted by molar-refractivity contribution is 9.10. The van der Waals surface area contributed by atoms with Crippen molar-refractivity contribution in [3.63, 3.8) is 0 Å². The van der Waals surface area contributed by atoms with Crippen molar-refractivity contribution in [3.8, 4) is 0 Å². The van der Waals surface area contributed by atoms with E-state index in [1.807, 2.05) is 13.8 Å². The second-order valence-electron chi connectivity index (χ2n) is 6.25. The molecule has 0 heterocycles. The summed E-state index contributed by atoms with van der Waals surface area (Å²) in [7, 11) is -2.54. The molecule has 150 valence electrons. The van der Waals surface area contributed by atoms with Gasteiger partial charge in [-0.2, -0.15) is 4.31 Å². The first-order chi connectivity index (χ1) is 13.1. The summed E-state index contributed by atoms with van der Waals surface area (Å²) in [6.07, 6.45) is 0. The van der Waals surface area contributed by atoms with Crippen LogP contribution < -0.4 is 5.32 Å². The molecule has 0 radical (unpaired) electrons. The molecule has 0 fully saturated rings. The number of carbonyl (C=O) groups is 2. The second-order valence-corrected chi connectivity index (χ2v) is 9.15. The van der Waals surface area contributed by atoms with Crippen LogP contribution in [0.4, 0.5) is 5.69 Å². The Labute approximate surface area is 172 Å². The molecule has 0 aliphatic rings. The summed E-state index contributed by atoms with van der Waals surface area (Å²) in [5.41, 5.74) is 2.44. The van der Waals surface area contributed by atoms with Crippen LogP contribution >= 0.6 is 15.9 Å². The van der Waals surface area contributed by atoms with Crippen molar-refractivity contribution in [2.24, 2.45) is 0 Å². The number of nitrogens with one attached hydrogen (secondary N) is 1. The Balaban J connectivity index is 1.88. The minimum atomic E-state index is -3.82. The van der Waals surface area contributed by atoms with Gasteiger partial charge in [0.25, 0.3) is 5.91 Å². The van der Waals surface area contributed by atoms with E-state index in [9.17, 15) is 18.0 Å². The third kappa shape index (κ3) is 5.88. The molecule has 1 amide bonds. The standard InChI is InChI=1S/C19H21BrN2O5S/c1-13-4-7-16(8-5-13)28(25,26)22(3)11-19(24)27-12-18(23)21-15-6-9-17(20)14(2)10-15/h4-10H,11-12H2,1-3H3,(H,21,23). The lowest BCUT2D eigenvalue weighted by atomic mass is 10.2. The van der Waals surface area contributed by atoms with Gasteiger partial charge in [-0.25, -0.2) is 8.42 Å². The Morgan fingerprint density at radius 3 is 2.36 bits per heavy atom. The number of likely N-dealkylation sites (N-methyl/N-ethyl adjacent to an activating group) is 1. The van der Waals surface area contributed by atoms with E-state index in [1.54, 1.807) is 30.3 Å². The number of sulfonamides is 1. The van der Waals surface area contributed by atoms with Gasteiger partial charge < -0.3 is 10.1 Å². The highest BCUT2D eigenvalue weighted by atomic mass is 79.9. The summed E-state index contributed by atoms with van der Waals surface area (Å²) in [5.74, 6) is -1.33. The Bertz CT molecular complexity index is 974. The zero-order chi connectivity index (χ0) is 20.9. The molecule has 0 bridgehead atoms. The fraction of sp³-hybridized carbons (Fsp3) is 0.263. The number of hydrogen-bond acceptors (Lipinski definition) is 5. The number of esters is 1. The van der Waals surface area contributed by atoms with Crippen LogP contribution in [-0.2, 0) is 24.3 Å². The average molecular weight is 469 g/mol. The number of ether oxygens (including phenoxy) is 1. The maximum Gasteiger partial charge on any atom is 0.321 e. The highest BCUT2D eigenvalue weighted by Gasteiger charge is 2.23. The van der Waals surface area contributed by atoms with Gasteiger partial charge in [0.1, 0.15) is 6.54 Å². The first-order valence-electron chi connectivity index (χ1n) is 8.34. The van der Waals surface area contributed by atoms with E-state index in [-0.39, 0.29) is 4.90 Å². The predicted molar refractivity (Wildman–Crippen MR) is 109 cm³/mol. The third-order valence-electron chi connectivity index (χ3n) is 3.89. The van der Waals surface area contributed by atoms with Crippen LogP contribution in [0, 0.1) is 13.8 Å². The molecule has 0 spiro atoms. The molecular formula is C19H21BrN2O5S. The van der Waals surface area contributed by atoms with E-state index in [2.05, 4.69) is 21.2 Å². The van der Waals surface area contributed by atoms with Gasteiger partial charge in [0, 0.05) is 17.2 Å². The largest absolute Gasteiger partial charge is 0.455 e. The molecule has 28 heavy (non-hydrogen) atoms. The lowest BCUT2D eigenvalue weighted by Crippen LogP contribution is -2.34. The number of aryl methyl sites for hydroxylation is 2. The van der Waals surface area contributed by atoms with Crippen LogP contribution in [0.2, 0.25) is 0 Å². The molecule has 0 aromatic heterocycles. The smallest absolute Gasteiger partial charge is 0.321 e. The predicted octanol–water partition coefficient (Wildman–Crippen LogP) is 2.87. The SMILES string of the molecule is Cc1ccc(S(=O)(=O)N(C)CC(=O)OCC(=O)Nc2ccc(Br)c(C)c2)cc1. The van der Waals surface area contributed by atoms with E-state index >= 15 is 0 Å². The number of anilines is 1. The van der Waals surface area contributed by atoms with E-state index in [0.29, 0.717) is 5.69 Å². The van der Waals surface area contributed by atoms with Gasteiger partial charge in [-0.05, 0) is 49.7 Å². The number of nitrogens with zero attached hydrogens (tertiary/aromatic N) is 1. The fourth-order valence-electron chi connectivity index (χ4n) is 2.27. The van der Waals surface area contributed by atoms with Crippen molar-refractivity contribution in [2.75, 3.05) is 25.5 Å². The van der Waals surface area contributed by atoms with Gasteiger partial charge in [0.15, 0.2) is 6.61 Å². The van der Waals surface area contributed by atoms with E-state index < -0.39 is 35.1 Å². The molecule has 2 aromatic rings. The first-order valence-corrected chi connectivity index (χ1v) is 10.6. The normalized spacial score (nSPS) is 11.3. The maximum atomic E-state index is 12.5. The molecule has 7 nitrogen and oxygen atoms in total. The number of halogens is 1. The number of hydrogen-bond donors (Lipinski definition) is 1.